The van der Waals surface area contributed by atoms with Gasteiger partial charge in [-0.3, -0.25) is 19.7 Å². The molecule has 0 aliphatic heterocycles. The Labute approximate surface area is 295 Å². The third-order valence-corrected chi connectivity index (χ3v) is 14.9. The number of nitro groups is 1. The fourth-order valence-electron chi connectivity index (χ4n) is 5.90. The number of carbonyl (C=O) groups excluding carboxylic acids is 2. The van der Waals surface area contributed by atoms with Gasteiger partial charge in [0.15, 0.2) is 0 Å². The van der Waals surface area contributed by atoms with Gasteiger partial charge >= 0.3 is 11.9 Å². The van der Waals surface area contributed by atoms with E-state index in [1.54, 1.807) is 0 Å². The minimum atomic E-state index is -4.01. The average Bonchev–Trinajstić information content (AvgIpc) is 3.11. The molecule has 3 aromatic carbocycles. The van der Waals surface area contributed by atoms with Gasteiger partial charge in [-0.05, 0) is 46.8 Å². The van der Waals surface area contributed by atoms with E-state index >= 15 is 0 Å². The first-order chi connectivity index (χ1) is 23.7. The molecule has 0 fully saturated rings. The van der Waals surface area contributed by atoms with Crippen LogP contribution in [0.2, 0.25) is 5.04 Å². The highest BCUT2D eigenvalue weighted by Gasteiger charge is 2.50. The topological polar surface area (TPSA) is 151 Å². The molecule has 0 amide bonds. The highest BCUT2D eigenvalue weighted by atomic mass is 32.2. The van der Waals surface area contributed by atoms with Crippen LogP contribution in [0.3, 0.4) is 0 Å². The van der Waals surface area contributed by atoms with Crippen molar-refractivity contribution in [3.05, 3.63) is 119 Å². The number of benzene rings is 3. The maximum atomic E-state index is 13.1. The number of allylic oxidation sites excluding steroid dienone is 1. The number of sulfonamides is 1. The quantitative estimate of drug-likeness (QED) is 0.0451. The van der Waals surface area contributed by atoms with Gasteiger partial charge in [0.25, 0.3) is 14.0 Å². The first kappa shape index (κ1) is 40.0. The number of nitrogens with one attached hydrogen (secondary N) is 1. The van der Waals surface area contributed by atoms with Crippen molar-refractivity contribution in [2.45, 2.75) is 56.4 Å². The van der Waals surface area contributed by atoms with E-state index in [-0.39, 0.29) is 35.0 Å². The van der Waals surface area contributed by atoms with E-state index in [2.05, 4.69) is 49.8 Å². The molecule has 50 heavy (non-hydrogen) atoms. The summed E-state index contributed by atoms with van der Waals surface area (Å²) >= 11 is 0. The Kier molecular flexibility index (Phi) is 14.4. The van der Waals surface area contributed by atoms with Crippen LogP contribution in [0, 0.1) is 15.5 Å². The summed E-state index contributed by atoms with van der Waals surface area (Å²) in [6.07, 6.45) is 7.71. The van der Waals surface area contributed by atoms with Crippen molar-refractivity contribution in [2.75, 3.05) is 27.4 Å². The lowest BCUT2D eigenvalue weighted by atomic mass is 9.79. The van der Waals surface area contributed by atoms with Crippen LogP contribution in [0.25, 0.3) is 0 Å². The molecule has 0 aromatic heterocycles. The highest BCUT2D eigenvalue weighted by Crippen LogP contribution is 2.37. The Bertz CT molecular complexity index is 1700. The second-order valence-electron chi connectivity index (χ2n) is 12.7. The SMILES string of the molecule is COC(=O)C[C@@](/C=C\CNS(=O)(=O)c1ccc([N+](=O)[O-])cc1)(CC/C=C/CCO[Si](c1ccccc1)(c1ccccc1)C(C)(C)C)C(=O)OC. The summed E-state index contributed by atoms with van der Waals surface area (Å²) in [4.78, 5) is 35.7. The van der Waals surface area contributed by atoms with E-state index < -0.39 is 40.6 Å². The Balaban J connectivity index is 1.73. The van der Waals surface area contributed by atoms with Gasteiger partial charge in [0, 0.05) is 25.3 Å². The molecule has 1 N–H and O–H groups in total. The van der Waals surface area contributed by atoms with E-state index in [1.165, 1.54) is 36.7 Å². The highest BCUT2D eigenvalue weighted by molar-refractivity contribution is 7.89. The molecular formula is C37H46N2O9SSi. The summed E-state index contributed by atoms with van der Waals surface area (Å²) in [5.74, 6) is -1.30. The predicted molar refractivity (Wildman–Crippen MR) is 195 cm³/mol. The Morgan fingerprint density at radius 3 is 1.90 bits per heavy atom. The first-order valence-corrected chi connectivity index (χ1v) is 19.6. The van der Waals surface area contributed by atoms with Crippen molar-refractivity contribution in [1.29, 1.82) is 0 Å². The van der Waals surface area contributed by atoms with Gasteiger partial charge in [-0.15, -0.1) is 0 Å². The monoisotopic (exact) mass is 722 g/mol. The van der Waals surface area contributed by atoms with Gasteiger partial charge in [0.05, 0.1) is 35.9 Å². The maximum absolute atomic E-state index is 13.1. The van der Waals surface area contributed by atoms with Gasteiger partial charge in [-0.2, -0.15) is 0 Å². The molecule has 0 saturated carbocycles. The molecule has 0 saturated heterocycles. The number of non-ortho nitro benzene ring substituents is 1. The number of hydrogen-bond donors (Lipinski definition) is 1. The second-order valence-corrected chi connectivity index (χ2v) is 18.8. The van der Waals surface area contributed by atoms with E-state index in [9.17, 15) is 28.1 Å². The first-order valence-electron chi connectivity index (χ1n) is 16.2. The smallest absolute Gasteiger partial charge is 0.316 e. The van der Waals surface area contributed by atoms with E-state index in [4.69, 9.17) is 13.9 Å². The third kappa shape index (κ3) is 10.1. The zero-order valence-electron chi connectivity index (χ0n) is 29.2. The molecule has 1 atom stereocenters. The van der Waals surface area contributed by atoms with E-state index in [1.807, 2.05) is 48.6 Å². The Hall–Kier alpha value is -4.43. The second kappa shape index (κ2) is 18.0. The molecule has 0 unspecified atom stereocenters. The molecule has 0 aliphatic carbocycles. The summed E-state index contributed by atoms with van der Waals surface area (Å²) < 4.78 is 44.7. The average molecular weight is 723 g/mol. The van der Waals surface area contributed by atoms with Gasteiger partial charge in [0.1, 0.15) is 0 Å². The number of nitrogens with zero attached hydrogens (tertiary/aromatic N) is 1. The number of esters is 2. The van der Waals surface area contributed by atoms with Crippen molar-refractivity contribution in [2.24, 2.45) is 5.41 Å². The zero-order valence-corrected chi connectivity index (χ0v) is 31.0. The van der Waals surface area contributed by atoms with Crippen LogP contribution in [0.15, 0.2) is 114 Å². The Morgan fingerprint density at radius 2 is 1.40 bits per heavy atom. The molecule has 3 rings (SSSR count). The lowest BCUT2D eigenvalue weighted by Crippen LogP contribution is -2.66. The third-order valence-electron chi connectivity index (χ3n) is 8.41. The van der Waals surface area contributed by atoms with Crippen LogP contribution in [0.4, 0.5) is 5.69 Å². The molecule has 0 spiro atoms. The summed E-state index contributed by atoms with van der Waals surface area (Å²) in [7, 11) is -4.25. The largest absolute Gasteiger partial charge is 0.469 e. The van der Waals surface area contributed by atoms with Crippen LogP contribution >= 0.6 is 0 Å². The summed E-state index contributed by atoms with van der Waals surface area (Å²) in [5.41, 5.74) is -1.66. The van der Waals surface area contributed by atoms with Crippen LogP contribution in [0.1, 0.15) is 46.5 Å². The van der Waals surface area contributed by atoms with Crippen LogP contribution in [-0.2, 0) is 33.5 Å². The van der Waals surface area contributed by atoms with Gasteiger partial charge in [-0.1, -0.05) is 106 Å². The number of nitro benzene ring substituents is 1. The van der Waals surface area contributed by atoms with Crippen LogP contribution in [0.5, 0.6) is 0 Å². The normalized spacial score (nSPS) is 13.6. The van der Waals surface area contributed by atoms with Gasteiger partial charge in [-0.25, -0.2) is 13.1 Å². The molecule has 0 heterocycles. The summed E-state index contributed by atoms with van der Waals surface area (Å²) in [5, 5.41) is 13.1. The van der Waals surface area contributed by atoms with Crippen molar-refractivity contribution < 1.29 is 36.8 Å². The summed E-state index contributed by atoms with van der Waals surface area (Å²) in [6, 6.07) is 25.2. The number of rotatable bonds is 18. The van der Waals surface area contributed by atoms with Crippen molar-refractivity contribution in [1.82, 2.24) is 4.72 Å². The molecule has 11 nitrogen and oxygen atoms in total. The zero-order chi connectivity index (χ0) is 36.8. The number of hydrogen-bond acceptors (Lipinski definition) is 9. The lowest BCUT2D eigenvalue weighted by Gasteiger charge is -2.43. The molecule has 13 heteroatoms. The fraction of sp³-hybridized carbons (Fsp3) is 0.351. The molecule has 3 aromatic rings. The predicted octanol–water partition coefficient (Wildman–Crippen LogP) is 5.45. The maximum Gasteiger partial charge on any atom is 0.316 e. The van der Waals surface area contributed by atoms with Gasteiger partial charge in [0.2, 0.25) is 10.0 Å². The summed E-state index contributed by atoms with van der Waals surface area (Å²) in [6.45, 7) is 6.92. The minimum absolute atomic E-state index is 0.157. The van der Waals surface area contributed by atoms with Crippen molar-refractivity contribution >= 4 is 46.3 Å². The fourth-order valence-corrected chi connectivity index (χ4v) is 11.5. The number of carbonyl (C=O) groups is 2. The van der Waals surface area contributed by atoms with E-state index in [0.717, 1.165) is 24.3 Å². The molecule has 268 valence electrons. The van der Waals surface area contributed by atoms with Crippen LogP contribution in [-0.4, -0.2) is 61.0 Å². The number of methoxy groups -OCH3 is 2. The van der Waals surface area contributed by atoms with Gasteiger partial charge < -0.3 is 13.9 Å². The van der Waals surface area contributed by atoms with Crippen molar-refractivity contribution in [3.8, 4) is 0 Å². The minimum Gasteiger partial charge on any atom is -0.469 e. The Morgan fingerprint density at radius 1 is 0.840 bits per heavy atom. The molecule has 0 radical (unpaired) electrons. The van der Waals surface area contributed by atoms with E-state index in [0.29, 0.717) is 19.4 Å². The standard InChI is InChI=1S/C37H46N2O9SSi/c1-36(2,3)50(32-17-10-8-11-18-32,33-19-12-9-13-20-33)48-28-15-7-6-14-25-37(35(41)47-5,29-34(40)46-4)26-16-27-38-49(44,45)31-23-21-30(22-24-31)39(42)43/h6-13,16-24,26,38H,14-15,25,27-29H2,1-5H3/b7-6+,26-16-/t37-/m0/s1. The van der Waals surface area contributed by atoms with Crippen LogP contribution < -0.4 is 15.1 Å². The molecule has 0 bridgehead atoms. The number of ether oxygens (including phenoxy) is 2. The molecular weight excluding hydrogens is 677 g/mol. The van der Waals surface area contributed by atoms with Crippen molar-refractivity contribution in [3.63, 3.8) is 0 Å². The lowest BCUT2D eigenvalue weighted by molar-refractivity contribution is -0.384. The molecule has 0 aliphatic rings.